The van der Waals surface area contributed by atoms with E-state index in [1.807, 2.05) is 30.3 Å². The summed E-state index contributed by atoms with van der Waals surface area (Å²) in [5.74, 6) is -0.395. The van der Waals surface area contributed by atoms with Gasteiger partial charge in [0.05, 0.1) is 6.04 Å². The van der Waals surface area contributed by atoms with Gasteiger partial charge in [0.1, 0.15) is 0 Å². The molecule has 1 amide bonds. The van der Waals surface area contributed by atoms with E-state index in [0.717, 1.165) is 51.0 Å². The number of nitrogens with one attached hydrogen (secondary N) is 1. The monoisotopic (exact) mass is 460 g/mol. The first-order valence-electron chi connectivity index (χ1n) is 11.3. The van der Waals surface area contributed by atoms with E-state index in [-0.39, 0.29) is 16.9 Å². The van der Waals surface area contributed by atoms with Crippen LogP contribution in [0.4, 0.5) is 0 Å². The van der Waals surface area contributed by atoms with E-state index in [2.05, 4.69) is 22.2 Å². The van der Waals surface area contributed by atoms with Crippen LogP contribution in [0, 0.1) is 0 Å². The highest BCUT2D eigenvalue weighted by atomic mass is 32.2. The van der Waals surface area contributed by atoms with Crippen LogP contribution < -0.4 is 5.32 Å². The molecule has 4 rings (SSSR count). The zero-order valence-corrected chi connectivity index (χ0v) is 19.4. The third kappa shape index (κ3) is 5.40. The molecule has 2 aliphatic rings. The van der Waals surface area contributed by atoms with E-state index in [1.54, 1.807) is 0 Å². The van der Waals surface area contributed by atoms with Crippen molar-refractivity contribution < 1.29 is 17.6 Å². The molecule has 1 N–H and O–H groups in total. The van der Waals surface area contributed by atoms with Gasteiger partial charge in [-0.2, -0.15) is 4.31 Å². The Balaban J connectivity index is 1.47. The van der Waals surface area contributed by atoms with Crippen LogP contribution in [0.3, 0.4) is 0 Å². The number of piperazine rings is 1. The van der Waals surface area contributed by atoms with Crippen LogP contribution in [0.1, 0.15) is 41.4 Å². The molecule has 1 aromatic heterocycles. The second kappa shape index (κ2) is 10.2. The Morgan fingerprint density at radius 1 is 0.969 bits per heavy atom. The van der Waals surface area contributed by atoms with Crippen LogP contribution in [-0.4, -0.2) is 81.3 Å². The Hall–Kier alpha value is -2.20. The Morgan fingerprint density at radius 3 is 2.34 bits per heavy atom. The fourth-order valence-corrected chi connectivity index (χ4v) is 5.68. The summed E-state index contributed by atoms with van der Waals surface area (Å²) in [6, 6.07) is 12.5. The van der Waals surface area contributed by atoms with Crippen LogP contribution in [0.2, 0.25) is 0 Å². The van der Waals surface area contributed by atoms with E-state index in [4.69, 9.17) is 4.42 Å². The Morgan fingerprint density at radius 2 is 1.66 bits per heavy atom. The molecule has 9 heteroatoms. The summed E-state index contributed by atoms with van der Waals surface area (Å²) in [4.78, 5) is 17.6. The Bertz CT molecular complexity index is 994. The fourth-order valence-electron chi connectivity index (χ4n) is 4.25. The summed E-state index contributed by atoms with van der Waals surface area (Å²) in [6.45, 7) is 5.53. The molecule has 0 radical (unpaired) electrons. The van der Waals surface area contributed by atoms with E-state index < -0.39 is 15.9 Å². The van der Waals surface area contributed by atoms with Gasteiger partial charge >= 0.3 is 0 Å². The number of benzene rings is 1. The number of carbonyl (C=O) groups excluding carboxylic acids is 1. The molecule has 2 aliphatic heterocycles. The van der Waals surface area contributed by atoms with Crippen LogP contribution in [0.15, 0.2) is 52.0 Å². The molecule has 1 unspecified atom stereocenters. The van der Waals surface area contributed by atoms with Gasteiger partial charge in [-0.3, -0.25) is 9.69 Å². The first-order valence-corrected chi connectivity index (χ1v) is 12.7. The zero-order valence-electron chi connectivity index (χ0n) is 18.6. The number of rotatable bonds is 7. The van der Waals surface area contributed by atoms with Gasteiger partial charge in [0.15, 0.2) is 5.76 Å². The first kappa shape index (κ1) is 23.0. The summed E-state index contributed by atoms with van der Waals surface area (Å²) in [6.07, 6.45) is 2.72. The predicted molar refractivity (Wildman–Crippen MR) is 122 cm³/mol. The standard InChI is InChI=1S/C23H32N4O4S/c1-25-14-16-26(17-15-25)18-20(19-8-4-2-5-9-19)24-23(28)21-10-11-22(31-21)32(29,30)27-12-6-3-7-13-27/h2,4-5,8-11,20H,3,6-7,12-18H2,1H3,(H,24,28). The van der Waals surface area contributed by atoms with Crippen LogP contribution in [0.5, 0.6) is 0 Å². The number of hydrogen-bond donors (Lipinski definition) is 1. The number of nitrogens with zero attached hydrogens (tertiary/aromatic N) is 3. The Labute approximate surface area is 190 Å². The van der Waals surface area contributed by atoms with Crippen molar-refractivity contribution in [3.8, 4) is 0 Å². The molecule has 174 valence electrons. The van der Waals surface area contributed by atoms with Crippen molar-refractivity contribution in [1.82, 2.24) is 19.4 Å². The second-order valence-corrected chi connectivity index (χ2v) is 10.5. The average Bonchev–Trinajstić information content (AvgIpc) is 3.33. The minimum Gasteiger partial charge on any atom is -0.438 e. The maximum Gasteiger partial charge on any atom is 0.287 e. The Kier molecular flexibility index (Phi) is 7.30. The largest absolute Gasteiger partial charge is 0.438 e. The van der Waals surface area contributed by atoms with Crippen molar-refractivity contribution in [2.75, 3.05) is 52.9 Å². The van der Waals surface area contributed by atoms with Crippen LogP contribution in [0.25, 0.3) is 0 Å². The van der Waals surface area contributed by atoms with Crippen molar-refractivity contribution in [2.24, 2.45) is 0 Å². The van der Waals surface area contributed by atoms with E-state index in [1.165, 1.54) is 16.4 Å². The van der Waals surface area contributed by atoms with Crippen LogP contribution >= 0.6 is 0 Å². The molecule has 2 aromatic rings. The van der Waals surface area contributed by atoms with Crippen molar-refractivity contribution in [1.29, 1.82) is 0 Å². The molecule has 0 saturated carbocycles. The van der Waals surface area contributed by atoms with Gasteiger partial charge < -0.3 is 14.6 Å². The van der Waals surface area contributed by atoms with Gasteiger partial charge in [0, 0.05) is 45.8 Å². The number of likely N-dealkylation sites (N-methyl/N-ethyl adjacent to an activating group) is 1. The lowest BCUT2D eigenvalue weighted by Gasteiger charge is -2.35. The minimum absolute atomic E-state index is 0.0138. The van der Waals surface area contributed by atoms with E-state index >= 15 is 0 Å². The average molecular weight is 461 g/mol. The lowest BCUT2D eigenvalue weighted by atomic mass is 10.1. The molecule has 8 nitrogen and oxygen atoms in total. The molecule has 1 aromatic carbocycles. The number of carbonyl (C=O) groups is 1. The van der Waals surface area contributed by atoms with Gasteiger partial charge in [0.25, 0.3) is 15.9 Å². The zero-order chi connectivity index (χ0) is 22.6. The number of hydrogen-bond acceptors (Lipinski definition) is 6. The first-order chi connectivity index (χ1) is 15.4. The van der Waals surface area contributed by atoms with Gasteiger partial charge in [-0.25, -0.2) is 8.42 Å². The van der Waals surface area contributed by atoms with Gasteiger partial charge in [-0.15, -0.1) is 0 Å². The highest BCUT2D eigenvalue weighted by Crippen LogP contribution is 2.23. The number of sulfonamides is 1. The quantitative estimate of drug-likeness (QED) is 0.682. The smallest absolute Gasteiger partial charge is 0.287 e. The maximum atomic E-state index is 13.0. The highest BCUT2D eigenvalue weighted by Gasteiger charge is 2.30. The number of furan rings is 1. The lowest BCUT2D eigenvalue weighted by molar-refractivity contribution is 0.0874. The summed E-state index contributed by atoms with van der Waals surface area (Å²) < 4.78 is 32.7. The summed E-state index contributed by atoms with van der Waals surface area (Å²) >= 11 is 0. The molecule has 1 atom stereocenters. The molecule has 0 aliphatic carbocycles. The second-order valence-electron chi connectivity index (χ2n) is 8.62. The molecular weight excluding hydrogens is 428 g/mol. The molecule has 0 spiro atoms. The summed E-state index contributed by atoms with van der Waals surface area (Å²) in [5, 5.41) is 2.89. The molecule has 3 heterocycles. The normalized spacial score (nSPS) is 20.2. The molecule has 2 fully saturated rings. The maximum absolute atomic E-state index is 13.0. The number of amides is 1. The van der Waals surface area contributed by atoms with Gasteiger partial charge in [0.2, 0.25) is 5.09 Å². The molecule has 32 heavy (non-hydrogen) atoms. The van der Waals surface area contributed by atoms with Crippen molar-refractivity contribution in [2.45, 2.75) is 30.4 Å². The van der Waals surface area contributed by atoms with E-state index in [0.29, 0.717) is 19.6 Å². The van der Waals surface area contributed by atoms with Crippen molar-refractivity contribution in [3.05, 3.63) is 53.8 Å². The molecule has 2 saturated heterocycles. The van der Waals surface area contributed by atoms with E-state index in [9.17, 15) is 13.2 Å². The summed E-state index contributed by atoms with van der Waals surface area (Å²) in [5.41, 5.74) is 1.01. The topological polar surface area (TPSA) is 86.1 Å². The van der Waals surface area contributed by atoms with Gasteiger partial charge in [-0.1, -0.05) is 36.8 Å². The highest BCUT2D eigenvalue weighted by molar-refractivity contribution is 7.89. The third-order valence-electron chi connectivity index (χ3n) is 6.26. The van der Waals surface area contributed by atoms with Crippen LogP contribution in [-0.2, 0) is 10.0 Å². The lowest BCUT2D eigenvalue weighted by Crippen LogP contribution is -2.47. The van der Waals surface area contributed by atoms with Gasteiger partial charge in [-0.05, 0) is 37.6 Å². The minimum atomic E-state index is -3.71. The fraction of sp³-hybridized carbons (Fsp3) is 0.522. The summed E-state index contributed by atoms with van der Waals surface area (Å²) in [7, 11) is -1.60. The predicted octanol–water partition coefficient (Wildman–Crippen LogP) is 2.17. The van der Waals surface area contributed by atoms with Crippen molar-refractivity contribution in [3.63, 3.8) is 0 Å². The SMILES string of the molecule is CN1CCN(CC(NC(=O)c2ccc(S(=O)(=O)N3CCCCC3)o2)c2ccccc2)CC1. The third-order valence-corrected chi connectivity index (χ3v) is 8.03. The molecular formula is C23H32N4O4S. The molecule has 0 bridgehead atoms. The van der Waals surface area contributed by atoms with Crippen molar-refractivity contribution >= 4 is 15.9 Å². The number of piperidine rings is 1.